The van der Waals surface area contributed by atoms with E-state index in [4.69, 9.17) is 14.2 Å². The summed E-state index contributed by atoms with van der Waals surface area (Å²) in [6, 6.07) is 12.6. The molecule has 0 fully saturated rings. The maximum absolute atomic E-state index is 12.4. The highest BCUT2D eigenvalue weighted by atomic mass is 19.4. The van der Waals surface area contributed by atoms with Crippen LogP contribution in [0, 0.1) is 0 Å². The summed E-state index contributed by atoms with van der Waals surface area (Å²) in [6.45, 7) is 0. The number of fused-ring (bicyclic) bond motifs is 1. The van der Waals surface area contributed by atoms with Crippen molar-refractivity contribution >= 4 is 17.3 Å². The number of benzene rings is 2. The average molecular weight is 460 g/mol. The van der Waals surface area contributed by atoms with Gasteiger partial charge in [-0.25, -0.2) is 0 Å². The number of nitrogens with one attached hydrogen (secondary N) is 1. The molecule has 0 bridgehead atoms. The van der Waals surface area contributed by atoms with Gasteiger partial charge in [0, 0.05) is 24.0 Å². The van der Waals surface area contributed by atoms with E-state index in [1.165, 1.54) is 33.5 Å². The molecule has 0 amide bonds. The summed E-state index contributed by atoms with van der Waals surface area (Å²) in [5.41, 5.74) is 2.64. The van der Waals surface area contributed by atoms with Gasteiger partial charge < -0.3 is 24.3 Å². The Morgan fingerprint density at radius 3 is 2.03 bits per heavy atom. The van der Waals surface area contributed by atoms with E-state index in [-0.39, 0.29) is 5.75 Å². The van der Waals surface area contributed by atoms with Gasteiger partial charge in [0.15, 0.2) is 17.1 Å². The van der Waals surface area contributed by atoms with Crippen molar-refractivity contribution in [3.05, 3.63) is 54.7 Å². The van der Waals surface area contributed by atoms with Crippen LogP contribution < -0.4 is 24.3 Å². The summed E-state index contributed by atoms with van der Waals surface area (Å²) in [6.07, 6.45) is -2.97. The smallest absolute Gasteiger partial charge is 0.493 e. The zero-order valence-corrected chi connectivity index (χ0v) is 17.8. The summed E-state index contributed by atoms with van der Waals surface area (Å²) in [5, 5.41) is 11.5. The maximum atomic E-state index is 12.4. The van der Waals surface area contributed by atoms with E-state index in [9.17, 15) is 13.2 Å². The minimum atomic E-state index is -4.74. The Balaban J connectivity index is 1.65. The van der Waals surface area contributed by atoms with Gasteiger partial charge in [0.05, 0.1) is 21.3 Å². The highest BCUT2D eigenvalue weighted by Crippen LogP contribution is 2.40. The molecule has 0 spiro atoms. The van der Waals surface area contributed by atoms with Gasteiger partial charge in [-0.3, -0.25) is 4.40 Å². The van der Waals surface area contributed by atoms with Crippen LogP contribution in [-0.2, 0) is 0 Å². The Bertz CT molecular complexity index is 1250. The van der Waals surface area contributed by atoms with E-state index in [0.717, 1.165) is 5.56 Å². The lowest BCUT2D eigenvalue weighted by Crippen LogP contribution is -2.16. The topological polar surface area (TPSA) is 79.1 Å². The van der Waals surface area contributed by atoms with Gasteiger partial charge in [-0.15, -0.1) is 23.4 Å². The Morgan fingerprint density at radius 1 is 0.818 bits per heavy atom. The van der Waals surface area contributed by atoms with E-state index >= 15 is 0 Å². The van der Waals surface area contributed by atoms with Gasteiger partial charge >= 0.3 is 6.36 Å². The number of hydrogen-bond donors (Lipinski definition) is 1. The third kappa shape index (κ3) is 4.71. The first-order chi connectivity index (χ1) is 15.8. The molecule has 11 heteroatoms. The van der Waals surface area contributed by atoms with Gasteiger partial charge in [0.2, 0.25) is 11.7 Å². The molecule has 0 radical (unpaired) electrons. The van der Waals surface area contributed by atoms with Crippen molar-refractivity contribution in [2.75, 3.05) is 26.6 Å². The first-order valence-corrected chi connectivity index (χ1v) is 9.59. The Kier molecular flexibility index (Phi) is 5.86. The second kappa shape index (κ2) is 8.77. The molecule has 172 valence electrons. The Morgan fingerprint density at radius 2 is 1.45 bits per heavy atom. The van der Waals surface area contributed by atoms with Crippen LogP contribution in [0.15, 0.2) is 54.7 Å². The van der Waals surface area contributed by atoms with Gasteiger partial charge in [-0.2, -0.15) is 0 Å². The number of anilines is 2. The number of aromatic nitrogens is 3. The van der Waals surface area contributed by atoms with E-state index < -0.39 is 6.36 Å². The molecule has 2 aromatic carbocycles. The zero-order valence-electron chi connectivity index (χ0n) is 17.8. The second-order valence-electron chi connectivity index (χ2n) is 6.78. The normalized spacial score (nSPS) is 11.3. The van der Waals surface area contributed by atoms with Crippen LogP contribution in [0.25, 0.3) is 16.8 Å². The van der Waals surface area contributed by atoms with Crippen molar-refractivity contribution in [3.63, 3.8) is 0 Å². The molecule has 8 nitrogen and oxygen atoms in total. The lowest BCUT2D eigenvalue weighted by Gasteiger charge is -2.14. The van der Waals surface area contributed by atoms with Crippen LogP contribution in [0.3, 0.4) is 0 Å². The van der Waals surface area contributed by atoms with Crippen molar-refractivity contribution < 1.29 is 32.1 Å². The molecule has 1 N–H and O–H groups in total. The van der Waals surface area contributed by atoms with Gasteiger partial charge in [-0.1, -0.05) is 12.1 Å². The molecular formula is C22H19F3N4O4. The minimum Gasteiger partial charge on any atom is -0.493 e. The summed E-state index contributed by atoms with van der Waals surface area (Å²) in [7, 11) is 4.55. The monoisotopic (exact) mass is 460 g/mol. The number of halogens is 3. The summed E-state index contributed by atoms with van der Waals surface area (Å²) in [4.78, 5) is 0. The van der Waals surface area contributed by atoms with Gasteiger partial charge in [-0.05, 0) is 35.4 Å². The van der Waals surface area contributed by atoms with Crippen LogP contribution in [0.1, 0.15) is 0 Å². The van der Waals surface area contributed by atoms with Crippen molar-refractivity contribution in [3.8, 4) is 34.1 Å². The van der Waals surface area contributed by atoms with E-state index in [1.807, 2.05) is 0 Å². The van der Waals surface area contributed by atoms with Crippen molar-refractivity contribution in [1.29, 1.82) is 0 Å². The predicted octanol–water partition coefficient (Wildman–Crippen LogP) is 5.06. The fraction of sp³-hybridized carbons (Fsp3) is 0.182. The zero-order chi connectivity index (χ0) is 23.6. The number of pyridine rings is 1. The van der Waals surface area contributed by atoms with E-state index in [1.54, 1.807) is 47.0 Å². The fourth-order valence-corrected chi connectivity index (χ4v) is 3.28. The first-order valence-electron chi connectivity index (χ1n) is 9.59. The largest absolute Gasteiger partial charge is 0.573 e. The standard InChI is InChI=1S/C22H19F3N4O4/c1-30-17-10-15(11-18(31-2)20(17)32-3)26-21-28-27-19-9-6-14(12-29(19)21)13-4-7-16(8-5-13)33-22(23,24)25/h4-12H,1-3H3,(H,26,28). The first kappa shape index (κ1) is 22.1. The third-order valence-corrected chi connectivity index (χ3v) is 4.74. The molecule has 4 aromatic rings. The predicted molar refractivity (Wildman–Crippen MR) is 114 cm³/mol. The molecule has 2 aromatic heterocycles. The third-order valence-electron chi connectivity index (χ3n) is 4.74. The molecule has 0 aliphatic carbocycles. The lowest BCUT2D eigenvalue weighted by atomic mass is 10.1. The molecule has 0 saturated heterocycles. The van der Waals surface area contributed by atoms with Crippen molar-refractivity contribution in [2.24, 2.45) is 0 Å². The van der Waals surface area contributed by atoms with Crippen LogP contribution in [-0.4, -0.2) is 42.3 Å². The summed E-state index contributed by atoms with van der Waals surface area (Å²) < 4.78 is 58.9. The molecule has 4 rings (SSSR count). The van der Waals surface area contributed by atoms with Crippen LogP contribution in [0.2, 0.25) is 0 Å². The molecule has 0 aliphatic heterocycles. The average Bonchev–Trinajstić information content (AvgIpc) is 3.19. The lowest BCUT2D eigenvalue weighted by molar-refractivity contribution is -0.274. The molecule has 0 unspecified atom stereocenters. The van der Waals surface area contributed by atoms with Gasteiger partial charge in [0.25, 0.3) is 0 Å². The highest BCUT2D eigenvalue weighted by molar-refractivity contribution is 5.69. The van der Waals surface area contributed by atoms with Crippen LogP contribution in [0.4, 0.5) is 24.8 Å². The Labute approximate surface area is 186 Å². The van der Waals surface area contributed by atoms with Crippen molar-refractivity contribution in [2.45, 2.75) is 6.36 Å². The molecule has 0 atom stereocenters. The Hall–Kier alpha value is -4.15. The molecular weight excluding hydrogens is 441 g/mol. The number of ether oxygens (including phenoxy) is 4. The molecule has 33 heavy (non-hydrogen) atoms. The SMILES string of the molecule is COc1cc(Nc2nnc3ccc(-c4ccc(OC(F)(F)F)cc4)cn23)cc(OC)c1OC. The summed E-state index contributed by atoms with van der Waals surface area (Å²) in [5.74, 6) is 1.52. The number of methoxy groups -OCH3 is 3. The van der Waals surface area contributed by atoms with E-state index in [0.29, 0.717) is 40.1 Å². The van der Waals surface area contributed by atoms with E-state index in [2.05, 4.69) is 20.3 Å². The number of rotatable bonds is 7. The molecule has 2 heterocycles. The van der Waals surface area contributed by atoms with Gasteiger partial charge in [0.1, 0.15) is 5.75 Å². The number of alkyl halides is 3. The maximum Gasteiger partial charge on any atom is 0.573 e. The molecule has 0 saturated carbocycles. The second-order valence-corrected chi connectivity index (χ2v) is 6.78. The minimum absolute atomic E-state index is 0.290. The van der Waals surface area contributed by atoms with Crippen molar-refractivity contribution in [1.82, 2.24) is 14.6 Å². The highest BCUT2D eigenvalue weighted by Gasteiger charge is 2.31. The van der Waals surface area contributed by atoms with Crippen LogP contribution >= 0.6 is 0 Å². The molecule has 0 aliphatic rings. The summed E-state index contributed by atoms with van der Waals surface area (Å²) >= 11 is 0. The number of nitrogens with zero attached hydrogens (tertiary/aromatic N) is 3. The quantitative estimate of drug-likeness (QED) is 0.413. The van der Waals surface area contributed by atoms with Crippen LogP contribution in [0.5, 0.6) is 23.0 Å². The number of hydrogen-bond acceptors (Lipinski definition) is 7. The fourth-order valence-electron chi connectivity index (χ4n) is 3.28.